The van der Waals surface area contributed by atoms with Crippen molar-refractivity contribution in [3.63, 3.8) is 0 Å². The molecule has 0 amide bonds. The smallest absolute Gasteiger partial charge is 0.186 e. The van der Waals surface area contributed by atoms with E-state index in [9.17, 15) is 17.6 Å². The Morgan fingerprint density at radius 2 is 1.31 bits per heavy atom. The lowest BCUT2D eigenvalue weighted by molar-refractivity contribution is 0.456. The van der Waals surface area contributed by atoms with Crippen LogP contribution >= 0.6 is 0 Å². The molecule has 2 nitrogen and oxygen atoms in total. The average molecular weight is 190 g/mol. The highest BCUT2D eigenvalue weighted by Crippen LogP contribution is 2.24. The zero-order chi connectivity index (χ0) is 10.2. The van der Waals surface area contributed by atoms with E-state index in [1.807, 2.05) is 0 Å². The van der Waals surface area contributed by atoms with Crippen LogP contribution in [0.1, 0.15) is 5.56 Å². The molecule has 0 radical (unpaired) electrons. The maximum atomic E-state index is 12.6. The Hall–Kier alpha value is -1.77. The molecule has 2 N–H and O–H groups in total. The first-order valence-electron chi connectivity index (χ1n) is 3.02. The van der Waals surface area contributed by atoms with Gasteiger partial charge in [0.05, 0.1) is 0 Å². The van der Waals surface area contributed by atoms with Crippen molar-refractivity contribution in [1.82, 2.24) is 0 Å². The van der Waals surface area contributed by atoms with Gasteiger partial charge < -0.3 is 5.73 Å². The highest BCUT2D eigenvalue weighted by molar-refractivity contribution is 5.48. The van der Waals surface area contributed by atoms with Gasteiger partial charge in [0.2, 0.25) is 0 Å². The van der Waals surface area contributed by atoms with Crippen LogP contribution in [0.3, 0.4) is 0 Å². The predicted molar refractivity (Wildman–Crippen MR) is 35.4 cm³/mol. The van der Waals surface area contributed by atoms with E-state index in [0.717, 1.165) is 6.07 Å². The van der Waals surface area contributed by atoms with Gasteiger partial charge in [0.1, 0.15) is 17.3 Å². The molecule has 0 spiro atoms. The van der Waals surface area contributed by atoms with Crippen molar-refractivity contribution >= 4 is 5.69 Å². The zero-order valence-electron chi connectivity index (χ0n) is 6.04. The van der Waals surface area contributed by atoms with Gasteiger partial charge >= 0.3 is 0 Å². The normalized spacial score (nSPS) is 9.77. The van der Waals surface area contributed by atoms with Gasteiger partial charge in [0, 0.05) is 0 Å². The fourth-order valence-electron chi connectivity index (χ4n) is 0.747. The summed E-state index contributed by atoms with van der Waals surface area (Å²) < 4.78 is 50.4. The van der Waals surface area contributed by atoms with Crippen LogP contribution in [0, 0.1) is 34.6 Å². The van der Waals surface area contributed by atoms with Crippen molar-refractivity contribution in [2.75, 3.05) is 5.73 Å². The molecule has 0 unspecified atom stereocenters. The number of halogens is 4. The molecule has 0 atom stereocenters. The molecule has 13 heavy (non-hydrogen) atoms. The van der Waals surface area contributed by atoms with E-state index in [1.54, 1.807) is 0 Å². The van der Waals surface area contributed by atoms with Crippen LogP contribution in [0.15, 0.2) is 0 Å². The second kappa shape index (κ2) is 2.94. The van der Waals surface area contributed by atoms with Gasteiger partial charge in [-0.2, -0.15) is 5.26 Å². The molecule has 0 saturated heterocycles. The maximum absolute atomic E-state index is 12.6. The molecule has 0 heterocycles. The predicted octanol–water partition coefficient (Wildman–Crippen LogP) is 1.70. The monoisotopic (exact) mass is 190 g/mol. The lowest BCUT2D eigenvalue weighted by Gasteiger charge is -2.02. The summed E-state index contributed by atoms with van der Waals surface area (Å²) in [5.74, 6) is -7.07. The summed E-state index contributed by atoms with van der Waals surface area (Å²) >= 11 is 0. The van der Waals surface area contributed by atoms with Crippen LogP contribution in [0.4, 0.5) is 23.2 Å². The van der Waals surface area contributed by atoms with Gasteiger partial charge in [-0.3, -0.25) is 0 Å². The highest BCUT2D eigenvalue weighted by Gasteiger charge is 2.23. The number of nitriles is 1. The molecular weight excluding hydrogens is 188 g/mol. The van der Waals surface area contributed by atoms with Gasteiger partial charge in [-0.1, -0.05) is 0 Å². The Kier molecular flexibility index (Phi) is 2.10. The molecule has 0 fully saturated rings. The Labute approximate surface area is 70.2 Å². The fourth-order valence-corrected chi connectivity index (χ4v) is 0.747. The molecule has 0 saturated carbocycles. The van der Waals surface area contributed by atoms with Gasteiger partial charge in [-0.05, 0) is 0 Å². The standard InChI is InChI=1S/C7H2F4N2/c8-3-2(1-12)4(9)6(11)7(13)5(3)10/h13H2. The summed E-state index contributed by atoms with van der Waals surface area (Å²) in [4.78, 5) is 0. The van der Waals surface area contributed by atoms with Crippen LogP contribution in [0.2, 0.25) is 0 Å². The third-order valence-corrected chi connectivity index (χ3v) is 1.41. The Morgan fingerprint density at radius 3 is 1.62 bits per heavy atom. The van der Waals surface area contributed by atoms with Gasteiger partial charge in [0.25, 0.3) is 0 Å². The number of rotatable bonds is 0. The van der Waals surface area contributed by atoms with Crippen LogP contribution in [-0.2, 0) is 0 Å². The van der Waals surface area contributed by atoms with Crippen molar-refractivity contribution in [2.24, 2.45) is 0 Å². The quantitative estimate of drug-likeness (QED) is 0.384. The van der Waals surface area contributed by atoms with Crippen LogP contribution in [0.25, 0.3) is 0 Å². The van der Waals surface area contributed by atoms with Crippen molar-refractivity contribution in [2.45, 2.75) is 0 Å². The molecule has 0 aromatic heterocycles. The van der Waals surface area contributed by atoms with E-state index in [4.69, 9.17) is 5.26 Å². The van der Waals surface area contributed by atoms with E-state index in [1.165, 1.54) is 0 Å². The van der Waals surface area contributed by atoms with Crippen LogP contribution < -0.4 is 5.73 Å². The summed E-state index contributed by atoms with van der Waals surface area (Å²) in [6, 6.07) is 0.987. The second-order valence-electron chi connectivity index (χ2n) is 2.16. The van der Waals surface area contributed by atoms with E-state index >= 15 is 0 Å². The van der Waals surface area contributed by atoms with Crippen LogP contribution in [-0.4, -0.2) is 0 Å². The number of nitrogens with two attached hydrogens (primary N) is 1. The summed E-state index contributed by atoms with van der Waals surface area (Å²) in [7, 11) is 0. The van der Waals surface area contributed by atoms with Crippen LogP contribution in [0.5, 0.6) is 0 Å². The summed E-state index contributed by atoms with van der Waals surface area (Å²) in [5, 5.41) is 8.13. The minimum Gasteiger partial charge on any atom is -0.394 e. The third kappa shape index (κ3) is 1.18. The molecule has 0 bridgehead atoms. The second-order valence-corrected chi connectivity index (χ2v) is 2.16. The minimum absolute atomic E-state index is 0.987. The fraction of sp³-hybridized carbons (Fsp3) is 0. The minimum atomic E-state index is -1.78. The first kappa shape index (κ1) is 9.32. The van der Waals surface area contributed by atoms with Crippen molar-refractivity contribution in [3.05, 3.63) is 28.8 Å². The molecule has 1 aromatic carbocycles. The molecule has 68 valence electrons. The first-order valence-corrected chi connectivity index (χ1v) is 3.02. The summed E-state index contributed by atoms with van der Waals surface area (Å²) in [6.45, 7) is 0. The average Bonchev–Trinajstić information content (AvgIpc) is 2.13. The van der Waals surface area contributed by atoms with Crippen molar-refractivity contribution in [3.8, 4) is 6.07 Å². The molecular formula is C7H2F4N2. The topological polar surface area (TPSA) is 49.8 Å². The van der Waals surface area contributed by atoms with E-state index in [2.05, 4.69) is 5.73 Å². The highest BCUT2D eigenvalue weighted by atomic mass is 19.2. The van der Waals surface area contributed by atoms with Crippen molar-refractivity contribution < 1.29 is 17.6 Å². The lowest BCUT2D eigenvalue weighted by Crippen LogP contribution is -2.05. The number of hydrogen-bond acceptors (Lipinski definition) is 2. The SMILES string of the molecule is N#Cc1c(F)c(F)c(N)c(F)c1F. The Morgan fingerprint density at radius 1 is 0.923 bits per heavy atom. The number of nitrogen functional groups attached to an aromatic ring is 1. The van der Waals surface area contributed by atoms with Crippen molar-refractivity contribution in [1.29, 1.82) is 5.26 Å². The third-order valence-electron chi connectivity index (χ3n) is 1.41. The molecule has 1 aromatic rings. The molecule has 0 aliphatic carbocycles. The Bertz CT molecular complexity index is 379. The molecule has 0 aliphatic heterocycles. The number of anilines is 1. The molecule has 0 aliphatic rings. The van der Waals surface area contributed by atoms with Gasteiger partial charge in [-0.15, -0.1) is 0 Å². The number of nitrogens with zero attached hydrogens (tertiary/aromatic N) is 1. The largest absolute Gasteiger partial charge is 0.394 e. The summed E-state index contributed by atoms with van der Waals surface area (Å²) in [5.41, 5.74) is 2.08. The van der Waals surface area contributed by atoms with E-state index < -0.39 is 34.5 Å². The Balaban J connectivity index is 3.69. The van der Waals surface area contributed by atoms with E-state index in [-0.39, 0.29) is 0 Å². The molecule has 1 rings (SSSR count). The van der Waals surface area contributed by atoms with Gasteiger partial charge in [0.15, 0.2) is 23.3 Å². The first-order chi connectivity index (χ1) is 6.00. The zero-order valence-corrected chi connectivity index (χ0v) is 6.04. The maximum Gasteiger partial charge on any atom is 0.186 e. The molecule has 6 heteroatoms. The summed E-state index contributed by atoms with van der Waals surface area (Å²) in [6.07, 6.45) is 0. The van der Waals surface area contributed by atoms with E-state index in [0.29, 0.717) is 0 Å². The number of hydrogen-bond donors (Lipinski definition) is 1. The lowest BCUT2D eigenvalue weighted by atomic mass is 10.1. The number of benzene rings is 1. The van der Waals surface area contributed by atoms with Gasteiger partial charge in [-0.25, -0.2) is 17.6 Å².